The number of hydrogen-bond donors (Lipinski definition) is 1. The number of carbonyl (C=O) groups excluding carboxylic acids is 1. The zero-order valence-corrected chi connectivity index (χ0v) is 14.6. The zero-order chi connectivity index (χ0) is 17.8. The van der Waals surface area contributed by atoms with Crippen LogP contribution in [0.1, 0.15) is 21.7 Å². The summed E-state index contributed by atoms with van der Waals surface area (Å²) in [5, 5.41) is 11.5. The molecule has 0 saturated heterocycles. The van der Waals surface area contributed by atoms with Gasteiger partial charge in [0.2, 0.25) is 0 Å². The van der Waals surface area contributed by atoms with Crippen molar-refractivity contribution in [1.29, 1.82) is 0 Å². The first-order chi connectivity index (χ1) is 12.1. The minimum Gasteiger partial charge on any atom is -0.497 e. The van der Waals surface area contributed by atoms with Crippen molar-refractivity contribution in [3.8, 4) is 11.4 Å². The van der Waals surface area contributed by atoms with Crippen molar-refractivity contribution in [2.24, 2.45) is 0 Å². The van der Waals surface area contributed by atoms with Gasteiger partial charge in [-0.05, 0) is 42.8 Å². The van der Waals surface area contributed by atoms with E-state index in [-0.39, 0.29) is 11.6 Å². The second-order valence-corrected chi connectivity index (χ2v) is 5.88. The standard InChI is InChI=1S/C18H17ClN4O2/c1-12-17(21-22-23(12)15-5-3-4-14(19)10-15)18(24)20-11-13-6-8-16(25-2)9-7-13/h3-10H,11H2,1-2H3,(H,20,24). The first kappa shape index (κ1) is 17.0. The van der Waals surface area contributed by atoms with Crippen molar-refractivity contribution in [1.82, 2.24) is 20.3 Å². The molecular formula is C18H17ClN4O2. The normalized spacial score (nSPS) is 10.5. The van der Waals surface area contributed by atoms with E-state index in [2.05, 4.69) is 15.6 Å². The van der Waals surface area contributed by atoms with Crippen molar-refractivity contribution in [3.63, 3.8) is 0 Å². The number of benzene rings is 2. The molecule has 0 aliphatic rings. The van der Waals surface area contributed by atoms with Crippen LogP contribution in [-0.2, 0) is 6.54 Å². The Morgan fingerprint density at radius 3 is 2.68 bits per heavy atom. The van der Waals surface area contributed by atoms with Crippen molar-refractivity contribution in [2.45, 2.75) is 13.5 Å². The lowest BCUT2D eigenvalue weighted by molar-refractivity contribution is 0.0945. The highest BCUT2D eigenvalue weighted by atomic mass is 35.5. The number of carbonyl (C=O) groups is 1. The number of nitrogens with one attached hydrogen (secondary N) is 1. The van der Waals surface area contributed by atoms with E-state index in [1.165, 1.54) is 0 Å². The van der Waals surface area contributed by atoms with Gasteiger partial charge in [0.05, 0.1) is 18.5 Å². The number of nitrogens with zero attached hydrogens (tertiary/aromatic N) is 3. The van der Waals surface area contributed by atoms with Gasteiger partial charge in [-0.2, -0.15) is 0 Å². The number of ether oxygens (including phenoxy) is 1. The molecule has 0 saturated carbocycles. The third kappa shape index (κ3) is 3.80. The lowest BCUT2D eigenvalue weighted by Gasteiger charge is -2.06. The number of amides is 1. The molecule has 6 nitrogen and oxygen atoms in total. The molecule has 0 aliphatic carbocycles. The summed E-state index contributed by atoms with van der Waals surface area (Å²) in [6.45, 7) is 2.19. The summed E-state index contributed by atoms with van der Waals surface area (Å²) in [7, 11) is 1.61. The Labute approximate surface area is 150 Å². The summed E-state index contributed by atoms with van der Waals surface area (Å²) in [6, 6.07) is 14.7. The summed E-state index contributed by atoms with van der Waals surface area (Å²) < 4.78 is 6.71. The van der Waals surface area contributed by atoms with Crippen LogP contribution >= 0.6 is 11.6 Å². The van der Waals surface area contributed by atoms with Crippen molar-refractivity contribution in [3.05, 3.63) is 70.5 Å². The molecule has 3 rings (SSSR count). The van der Waals surface area contributed by atoms with Crippen LogP contribution in [0.25, 0.3) is 5.69 Å². The fourth-order valence-corrected chi connectivity index (χ4v) is 2.59. The Bertz CT molecular complexity index is 890. The number of hydrogen-bond acceptors (Lipinski definition) is 4. The van der Waals surface area contributed by atoms with E-state index in [1.54, 1.807) is 30.8 Å². The molecule has 0 fully saturated rings. The van der Waals surface area contributed by atoms with Gasteiger partial charge in [0.25, 0.3) is 5.91 Å². The maximum Gasteiger partial charge on any atom is 0.274 e. The van der Waals surface area contributed by atoms with E-state index in [1.807, 2.05) is 36.4 Å². The quantitative estimate of drug-likeness (QED) is 0.762. The largest absolute Gasteiger partial charge is 0.497 e. The smallest absolute Gasteiger partial charge is 0.274 e. The van der Waals surface area contributed by atoms with Gasteiger partial charge in [-0.25, -0.2) is 4.68 Å². The molecule has 0 radical (unpaired) electrons. The van der Waals surface area contributed by atoms with Gasteiger partial charge in [-0.1, -0.05) is 35.0 Å². The van der Waals surface area contributed by atoms with Crippen LogP contribution in [0.4, 0.5) is 0 Å². The molecule has 128 valence electrons. The summed E-state index contributed by atoms with van der Waals surface area (Å²) in [4.78, 5) is 12.4. The molecule has 1 aromatic heterocycles. The summed E-state index contributed by atoms with van der Waals surface area (Å²) in [5.74, 6) is 0.497. The minimum absolute atomic E-state index is 0.276. The second-order valence-electron chi connectivity index (χ2n) is 5.45. The van der Waals surface area contributed by atoms with Crippen molar-refractivity contribution < 1.29 is 9.53 Å². The van der Waals surface area contributed by atoms with E-state index < -0.39 is 0 Å². The Hall–Kier alpha value is -2.86. The molecule has 0 spiro atoms. The number of halogens is 1. The van der Waals surface area contributed by atoms with Crippen LogP contribution in [0.3, 0.4) is 0 Å². The highest BCUT2D eigenvalue weighted by molar-refractivity contribution is 6.30. The third-order valence-corrected chi connectivity index (χ3v) is 4.01. The van der Waals surface area contributed by atoms with Crippen molar-refractivity contribution >= 4 is 17.5 Å². The molecule has 0 bridgehead atoms. The van der Waals surface area contributed by atoms with Crippen LogP contribution in [0.15, 0.2) is 48.5 Å². The lowest BCUT2D eigenvalue weighted by atomic mass is 10.2. The summed E-state index contributed by atoms with van der Waals surface area (Å²) in [6.07, 6.45) is 0. The maximum absolute atomic E-state index is 12.4. The molecule has 0 aliphatic heterocycles. The topological polar surface area (TPSA) is 69.0 Å². The predicted octanol–water partition coefficient (Wildman–Crippen LogP) is 3.17. The third-order valence-electron chi connectivity index (χ3n) is 3.77. The van der Waals surface area contributed by atoms with Crippen LogP contribution in [0.5, 0.6) is 5.75 Å². The first-order valence-corrected chi connectivity index (χ1v) is 8.05. The van der Waals surface area contributed by atoms with Gasteiger partial charge in [-0.3, -0.25) is 4.79 Å². The molecule has 1 N–H and O–H groups in total. The SMILES string of the molecule is COc1ccc(CNC(=O)c2nnn(-c3cccc(Cl)c3)c2C)cc1. The van der Waals surface area contributed by atoms with Gasteiger partial charge < -0.3 is 10.1 Å². The van der Waals surface area contributed by atoms with Gasteiger partial charge in [0.15, 0.2) is 5.69 Å². The van der Waals surface area contributed by atoms with Gasteiger partial charge in [0.1, 0.15) is 5.75 Å². The molecule has 7 heteroatoms. The van der Waals surface area contributed by atoms with E-state index >= 15 is 0 Å². The Balaban J connectivity index is 1.72. The van der Waals surface area contributed by atoms with Crippen LogP contribution in [-0.4, -0.2) is 28.0 Å². The number of aromatic nitrogens is 3. The average Bonchev–Trinajstić information content (AvgIpc) is 3.01. The highest BCUT2D eigenvalue weighted by Crippen LogP contribution is 2.17. The summed E-state index contributed by atoms with van der Waals surface area (Å²) in [5.41, 5.74) is 2.66. The zero-order valence-electron chi connectivity index (χ0n) is 13.9. The van der Waals surface area contributed by atoms with E-state index in [0.717, 1.165) is 17.0 Å². The van der Waals surface area contributed by atoms with E-state index in [9.17, 15) is 4.79 Å². The second kappa shape index (κ2) is 7.36. The summed E-state index contributed by atoms with van der Waals surface area (Å²) >= 11 is 6.01. The number of rotatable bonds is 5. The molecule has 2 aromatic carbocycles. The molecule has 1 amide bonds. The average molecular weight is 357 g/mol. The Morgan fingerprint density at radius 1 is 1.24 bits per heavy atom. The molecule has 0 atom stereocenters. The van der Waals surface area contributed by atoms with Gasteiger partial charge in [0, 0.05) is 11.6 Å². The van der Waals surface area contributed by atoms with Gasteiger partial charge >= 0.3 is 0 Å². The fourth-order valence-electron chi connectivity index (χ4n) is 2.40. The number of methoxy groups -OCH3 is 1. The highest BCUT2D eigenvalue weighted by Gasteiger charge is 2.17. The molecule has 25 heavy (non-hydrogen) atoms. The molecule has 1 heterocycles. The Kier molecular flexibility index (Phi) is 5.00. The maximum atomic E-state index is 12.4. The molecule has 3 aromatic rings. The van der Waals surface area contributed by atoms with Crippen LogP contribution in [0, 0.1) is 6.92 Å². The lowest BCUT2D eigenvalue weighted by Crippen LogP contribution is -2.24. The molecule has 0 unspecified atom stereocenters. The van der Waals surface area contributed by atoms with E-state index in [0.29, 0.717) is 17.3 Å². The minimum atomic E-state index is -0.276. The van der Waals surface area contributed by atoms with Gasteiger partial charge in [-0.15, -0.1) is 5.10 Å². The first-order valence-electron chi connectivity index (χ1n) is 7.68. The molecular weight excluding hydrogens is 340 g/mol. The monoisotopic (exact) mass is 356 g/mol. The van der Waals surface area contributed by atoms with Crippen LogP contribution < -0.4 is 10.1 Å². The Morgan fingerprint density at radius 2 is 2.00 bits per heavy atom. The van der Waals surface area contributed by atoms with Crippen LogP contribution in [0.2, 0.25) is 5.02 Å². The fraction of sp³-hybridized carbons (Fsp3) is 0.167. The van der Waals surface area contributed by atoms with Crippen molar-refractivity contribution in [2.75, 3.05) is 7.11 Å². The van der Waals surface area contributed by atoms with E-state index in [4.69, 9.17) is 16.3 Å². The predicted molar refractivity (Wildman–Crippen MR) is 95.3 cm³/mol.